The Kier molecular flexibility index (Phi) is 13.3. The SMILES string of the molecule is CCOc1c(OC(C)=O)c(=O)oc2cc(O[C@@H]3O[C@H](COC(=O)c4ccccc4)[C@@H](OC(=O)c4ccccc4)[C@H](OC(=O)c4ccccc4)[C@H]3OC(=O)c3ccccc3)ccc12. The van der Waals surface area contributed by atoms with Crippen LogP contribution in [-0.2, 0) is 28.5 Å². The van der Waals surface area contributed by atoms with E-state index >= 15 is 0 Å². The van der Waals surface area contributed by atoms with Crippen molar-refractivity contribution in [2.75, 3.05) is 13.2 Å². The Balaban J connectivity index is 1.33. The zero-order chi connectivity index (χ0) is 43.6. The summed E-state index contributed by atoms with van der Waals surface area (Å²) in [6, 6.07) is 36.1. The number of esters is 5. The molecular weight excluding hydrogens is 805 g/mol. The molecule has 5 atom stereocenters. The fourth-order valence-electron chi connectivity index (χ4n) is 6.48. The summed E-state index contributed by atoms with van der Waals surface area (Å²) in [6.45, 7) is 2.31. The third kappa shape index (κ3) is 9.97. The van der Waals surface area contributed by atoms with Gasteiger partial charge in [-0.15, -0.1) is 0 Å². The number of benzene rings is 5. The van der Waals surface area contributed by atoms with Gasteiger partial charge in [0.05, 0.1) is 34.2 Å². The van der Waals surface area contributed by atoms with Gasteiger partial charge in [0.25, 0.3) is 5.75 Å². The minimum atomic E-state index is -1.70. The van der Waals surface area contributed by atoms with Crippen LogP contribution in [0.1, 0.15) is 55.3 Å². The lowest BCUT2D eigenvalue weighted by atomic mass is 9.97. The maximum absolute atomic E-state index is 13.9. The fourth-order valence-corrected chi connectivity index (χ4v) is 6.48. The van der Waals surface area contributed by atoms with E-state index in [2.05, 4.69) is 0 Å². The van der Waals surface area contributed by atoms with Crippen molar-refractivity contribution in [2.24, 2.45) is 0 Å². The van der Waals surface area contributed by atoms with E-state index in [1.54, 1.807) is 79.7 Å². The standard InChI is InChI=1S/C47H38O15/c1-3-54-37-34-25-24-33(26-35(34)58-46(53)40(37)56-28(2)48)57-47-41(62-45(52)32-22-14-7-15-23-32)39(61-44(51)31-20-12-6-13-21-31)38(60-43(50)30-18-10-5-11-19-30)36(59-47)27-55-42(49)29-16-8-4-9-17-29/h4-26,36,38-39,41,47H,3,27H2,1-2H3/t36-,38-,39+,41-,47-/m1/s1. The molecule has 0 N–H and O–H groups in total. The van der Waals surface area contributed by atoms with Gasteiger partial charge in [0.2, 0.25) is 12.4 Å². The van der Waals surface area contributed by atoms with Gasteiger partial charge in [-0.2, -0.15) is 0 Å². The van der Waals surface area contributed by atoms with Crippen molar-refractivity contribution in [3.8, 4) is 17.2 Å². The zero-order valence-corrected chi connectivity index (χ0v) is 33.2. The molecule has 62 heavy (non-hydrogen) atoms. The molecule has 7 rings (SSSR count). The number of fused-ring (bicyclic) bond motifs is 1. The van der Waals surface area contributed by atoms with E-state index in [-0.39, 0.29) is 51.3 Å². The molecule has 1 aromatic heterocycles. The number of carbonyl (C=O) groups is 5. The molecule has 6 aromatic rings. The first-order valence-corrected chi connectivity index (χ1v) is 19.3. The van der Waals surface area contributed by atoms with E-state index in [1.165, 1.54) is 66.7 Å². The number of hydrogen-bond acceptors (Lipinski definition) is 15. The van der Waals surface area contributed by atoms with E-state index in [4.69, 9.17) is 42.3 Å². The summed E-state index contributed by atoms with van der Waals surface area (Å²) in [4.78, 5) is 79.8. The molecule has 0 amide bonds. The summed E-state index contributed by atoms with van der Waals surface area (Å²) in [5.41, 5.74) is -0.540. The van der Waals surface area contributed by atoms with Crippen LogP contribution in [0.3, 0.4) is 0 Å². The van der Waals surface area contributed by atoms with Crippen LogP contribution in [0.5, 0.6) is 17.2 Å². The van der Waals surface area contributed by atoms with Gasteiger partial charge in [0, 0.05) is 13.0 Å². The van der Waals surface area contributed by atoms with Crippen molar-refractivity contribution in [3.05, 3.63) is 172 Å². The topological polar surface area (TPSA) is 189 Å². The first kappa shape index (κ1) is 42.3. The molecule has 5 aromatic carbocycles. The molecular formula is C47H38O15. The smallest absolute Gasteiger partial charge is 0.383 e. The minimum Gasteiger partial charge on any atom is -0.489 e. The summed E-state index contributed by atoms with van der Waals surface area (Å²) in [5, 5.41) is 0.236. The van der Waals surface area contributed by atoms with Crippen molar-refractivity contribution in [2.45, 2.75) is 44.6 Å². The van der Waals surface area contributed by atoms with E-state index < -0.39 is 78.5 Å². The van der Waals surface area contributed by atoms with E-state index in [0.717, 1.165) is 6.92 Å². The normalized spacial score (nSPS) is 18.1. The largest absolute Gasteiger partial charge is 0.489 e. The maximum Gasteiger partial charge on any atom is 0.383 e. The second kappa shape index (κ2) is 19.5. The summed E-state index contributed by atoms with van der Waals surface area (Å²) >= 11 is 0. The van der Waals surface area contributed by atoms with E-state index in [0.29, 0.717) is 0 Å². The van der Waals surface area contributed by atoms with E-state index in [1.807, 2.05) is 0 Å². The van der Waals surface area contributed by atoms with Crippen LogP contribution in [0.15, 0.2) is 149 Å². The zero-order valence-electron chi connectivity index (χ0n) is 33.2. The van der Waals surface area contributed by atoms with Gasteiger partial charge in [-0.25, -0.2) is 24.0 Å². The van der Waals surface area contributed by atoms with Crippen molar-refractivity contribution >= 4 is 40.8 Å². The van der Waals surface area contributed by atoms with Gasteiger partial charge >= 0.3 is 35.5 Å². The average Bonchev–Trinajstić information content (AvgIpc) is 3.29. The Morgan fingerprint density at radius 1 is 0.581 bits per heavy atom. The second-order valence-corrected chi connectivity index (χ2v) is 13.6. The predicted molar refractivity (Wildman–Crippen MR) is 218 cm³/mol. The molecule has 316 valence electrons. The Morgan fingerprint density at radius 3 is 1.56 bits per heavy atom. The lowest BCUT2D eigenvalue weighted by molar-refractivity contribution is -0.275. The highest BCUT2D eigenvalue weighted by molar-refractivity contribution is 5.92. The third-order valence-corrected chi connectivity index (χ3v) is 9.32. The van der Waals surface area contributed by atoms with Gasteiger partial charge < -0.3 is 42.3 Å². The number of rotatable bonds is 14. The van der Waals surface area contributed by atoms with E-state index in [9.17, 15) is 28.8 Å². The van der Waals surface area contributed by atoms with Crippen LogP contribution in [0.2, 0.25) is 0 Å². The Morgan fingerprint density at radius 2 is 1.06 bits per heavy atom. The highest BCUT2D eigenvalue weighted by atomic mass is 16.7. The molecule has 15 heteroatoms. The minimum absolute atomic E-state index is 0.0259. The van der Waals surface area contributed by atoms with Crippen LogP contribution >= 0.6 is 0 Å². The molecule has 0 spiro atoms. The highest BCUT2D eigenvalue weighted by Crippen LogP contribution is 2.37. The highest BCUT2D eigenvalue weighted by Gasteiger charge is 2.54. The quantitative estimate of drug-likeness (QED) is 0.0635. The van der Waals surface area contributed by atoms with Gasteiger partial charge in [0.15, 0.2) is 18.0 Å². The van der Waals surface area contributed by atoms with Crippen LogP contribution in [0.25, 0.3) is 11.0 Å². The Labute approximate surface area is 353 Å². The van der Waals surface area contributed by atoms with Crippen LogP contribution in [0, 0.1) is 0 Å². The molecule has 1 fully saturated rings. The lowest BCUT2D eigenvalue weighted by Gasteiger charge is -2.44. The third-order valence-electron chi connectivity index (χ3n) is 9.32. The van der Waals surface area contributed by atoms with Crippen LogP contribution in [-0.4, -0.2) is 73.8 Å². The van der Waals surface area contributed by atoms with Gasteiger partial charge in [-0.3, -0.25) is 4.79 Å². The molecule has 0 bridgehead atoms. The molecule has 2 heterocycles. The number of carbonyl (C=O) groups excluding carboxylic acids is 5. The van der Waals surface area contributed by atoms with Crippen LogP contribution in [0.4, 0.5) is 0 Å². The summed E-state index contributed by atoms with van der Waals surface area (Å²) in [7, 11) is 0. The first-order valence-electron chi connectivity index (χ1n) is 19.3. The van der Waals surface area contributed by atoms with Crippen molar-refractivity contribution in [1.29, 1.82) is 0 Å². The monoisotopic (exact) mass is 842 g/mol. The summed E-state index contributed by atoms with van der Waals surface area (Å²) < 4.78 is 53.1. The van der Waals surface area contributed by atoms with Crippen molar-refractivity contribution in [3.63, 3.8) is 0 Å². The molecule has 1 saturated heterocycles. The molecule has 0 aliphatic carbocycles. The molecule has 0 unspecified atom stereocenters. The second-order valence-electron chi connectivity index (χ2n) is 13.6. The Bertz CT molecular complexity index is 2600. The lowest BCUT2D eigenvalue weighted by Crippen LogP contribution is -2.63. The first-order chi connectivity index (χ1) is 30.1. The molecule has 1 aliphatic heterocycles. The molecule has 0 radical (unpaired) electrons. The van der Waals surface area contributed by atoms with Gasteiger partial charge in [-0.05, 0) is 67.6 Å². The summed E-state index contributed by atoms with van der Waals surface area (Å²) in [6.07, 6.45) is -8.11. The number of hydrogen-bond donors (Lipinski definition) is 0. The van der Waals surface area contributed by atoms with Gasteiger partial charge in [-0.1, -0.05) is 72.8 Å². The molecule has 1 aliphatic rings. The predicted octanol–water partition coefficient (Wildman–Crippen LogP) is 6.75. The maximum atomic E-state index is 13.9. The number of ether oxygens (including phenoxy) is 8. The van der Waals surface area contributed by atoms with Crippen molar-refractivity contribution in [1.82, 2.24) is 0 Å². The van der Waals surface area contributed by atoms with Crippen molar-refractivity contribution < 1.29 is 66.3 Å². The summed E-state index contributed by atoms with van der Waals surface area (Å²) in [5.74, 6) is -4.70. The molecule has 0 saturated carbocycles. The Hall–Kier alpha value is -7.78. The van der Waals surface area contributed by atoms with Crippen LogP contribution < -0.4 is 19.8 Å². The average molecular weight is 843 g/mol. The fraction of sp³-hybridized carbons (Fsp3) is 0.191. The van der Waals surface area contributed by atoms with Gasteiger partial charge in [0.1, 0.15) is 24.0 Å². The molecule has 15 nitrogen and oxygen atoms in total.